The zero-order chi connectivity index (χ0) is 12.6. The van der Waals surface area contributed by atoms with Crippen LogP contribution in [0.25, 0.3) is 0 Å². The summed E-state index contributed by atoms with van der Waals surface area (Å²) < 4.78 is 6.45. The molecule has 2 saturated carbocycles. The van der Waals surface area contributed by atoms with Crippen molar-refractivity contribution in [1.29, 1.82) is 0 Å². The lowest BCUT2D eigenvalue weighted by Gasteiger charge is -2.35. The second-order valence-corrected chi connectivity index (χ2v) is 7.31. The molecule has 104 valence electrons. The number of hydrogen-bond donors (Lipinski definition) is 1. The van der Waals surface area contributed by atoms with Crippen LogP contribution in [0, 0.1) is 11.3 Å². The average Bonchev–Trinajstić information content (AvgIpc) is 3.17. The van der Waals surface area contributed by atoms with E-state index in [4.69, 9.17) is 4.74 Å². The minimum atomic E-state index is 0.130. The van der Waals surface area contributed by atoms with Crippen LogP contribution in [0.3, 0.4) is 0 Å². The summed E-state index contributed by atoms with van der Waals surface area (Å²) in [6, 6.07) is 0. The summed E-state index contributed by atoms with van der Waals surface area (Å²) in [6.45, 7) is 2.60. The summed E-state index contributed by atoms with van der Waals surface area (Å²) in [5.41, 5.74) is 0.369. The Labute approximate surface area is 111 Å². The van der Waals surface area contributed by atoms with Crippen LogP contribution in [-0.2, 0) is 4.74 Å². The van der Waals surface area contributed by atoms with E-state index >= 15 is 0 Å². The highest BCUT2D eigenvalue weighted by molar-refractivity contribution is 4.97. The molecule has 3 rings (SSSR count). The molecular formula is C16H28O2. The first-order chi connectivity index (χ1) is 8.66. The highest BCUT2D eigenvalue weighted by Crippen LogP contribution is 2.51. The lowest BCUT2D eigenvalue weighted by Crippen LogP contribution is -2.34. The van der Waals surface area contributed by atoms with Gasteiger partial charge in [-0.1, -0.05) is 26.2 Å². The Balaban J connectivity index is 1.58. The van der Waals surface area contributed by atoms with Crippen LogP contribution in [0.5, 0.6) is 0 Å². The van der Waals surface area contributed by atoms with Gasteiger partial charge < -0.3 is 9.84 Å². The van der Waals surface area contributed by atoms with Gasteiger partial charge in [0.1, 0.15) is 0 Å². The maximum Gasteiger partial charge on any atom is 0.0687 e. The fourth-order valence-corrected chi connectivity index (χ4v) is 4.26. The summed E-state index contributed by atoms with van der Waals surface area (Å²) in [4.78, 5) is 0. The Morgan fingerprint density at radius 1 is 1.11 bits per heavy atom. The van der Waals surface area contributed by atoms with Crippen molar-refractivity contribution in [2.45, 2.75) is 82.8 Å². The summed E-state index contributed by atoms with van der Waals surface area (Å²) in [7, 11) is 0. The minimum Gasteiger partial charge on any atom is -0.396 e. The second-order valence-electron chi connectivity index (χ2n) is 7.31. The van der Waals surface area contributed by atoms with Crippen molar-refractivity contribution in [3.8, 4) is 0 Å². The Morgan fingerprint density at radius 2 is 1.83 bits per heavy atom. The zero-order valence-electron chi connectivity index (χ0n) is 11.8. The molecule has 1 aliphatic heterocycles. The van der Waals surface area contributed by atoms with Gasteiger partial charge in [-0.2, -0.15) is 0 Å². The van der Waals surface area contributed by atoms with E-state index in [9.17, 15) is 5.11 Å². The Bertz CT molecular complexity index is 291. The van der Waals surface area contributed by atoms with Gasteiger partial charge in [-0.25, -0.2) is 0 Å². The van der Waals surface area contributed by atoms with E-state index in [1.54, 1.807) is 0 Å². The van der Waals surface area contributed by atoms with E-state index in [-0.39, 0.29) is 11.0 Å². The molecule has 0 aromatic heterocycles. The summed E-state index contributed by atoms with van der Waals surface area (Å²) >= 11 is 0. The van der Waals surface area contributed by atoms with Crippen LogP contribution in [0.2, 0.25) is 0 Å². The van der Waals surface area contributed by atoms with Gasteiger partial charge in [0.2, 0.25) is 0 Å². The number of rotatable bonds is 4. The fraction of sp³-hybridized carbons (Fsp3) is 1.00. The van der Waals surface area contributed by atoms with Crippen molar-refractivity contribution >= 4 is 0 Å². The molecule has 0 bridgehead atoms. The molecule has 1 spiro atoms. The molecule has 0 amide bonds. The molecule has 2 heteroatoms. The molecular weight excluding hydrogens is 224 g/mol. The fourth-order valence-electron chi connectivity index (χ4n) is 4.26. The average molecular weight is 252 g/mol. The molecule has 2 nitrogen and oxygen atoms in total. The molecule has 2 aliphatic carbocycles. The largest absolute Gasteiger partial charge is 0.396 e. The van der Waals surface area contributed by atoms with Gasteiger partial charge >= 0.3 is 0 Å². The first kappa shape index (κ1) is 12.9. The summed E-state index contributed by atoms with van der Waals surface area (Å²) in [6.07, 6.45) is 13.3. The smallest absolute Gasteiger partial charge is 0.0687 e. The maximum absolute atomic E-state index is 9.70. The van der Waals surface area contributed by atoms with Gasteiger partial charge in [-0.05, 0) is 56.3 Å². The molecule has 18 heavy (non-hydrogen) atoms. The van der Waals surface area contributed by atoms with Crippen LogP contribution in [0.15, 0.2) is 0 Å². The van der Waals surface area contributed by atoms with Crippen molar-refractivity contribution in [3.63, 3.8) is 0 Å². The minimum absolute atomic E-state index is 0.130. The van der Waals surface area contributed by atoms with Crippen LogP contribution < -0.4 is 0 Å². The third-order valence-electron chi connectivity index (χ3n) is 5.72. The predicted octanol–water partition coefficient (Wildman–Crippen LogP) is 3.67. The van der Waals surface area contributed by atoms with Crippen molar-refractivity contribution in [3.05, 3.63) is 0 Å². The van der Waals surface area contributed by atoms with Crippen LogP contribution in [0.4, 0.5) is 0 Å². The van der Waals surface area contributed by atoms with Gasteiger partial charge in [0.05, 0.1) is 11.7 Å². The Morgan fingerprint density at radius 3 is 2.44 bits per heavy atom. The van der Waals surface area contributed by atoms with E-state index in [2.05, 4.69) is 6.92 Å². The molecule has 1 N–H and O–H groups in total. The number of aliphatic hydroxyl groups is 1. The SMILES string of the molecule is CC(CO)(CC1CCC2(CCCCC2)O1)C1CC1. The summed E-state index contributed by atoms with van der Waals surface area (Å²) in [5.74, 6) is 0.758. The normalized spacial score (nSPS) is 34.7. The van der Waals surface area contributed by atoms with Gasteiger partial charge in [0.25, 0.3) is 0 Å². The standard InChI is InChI=1S/C16H28O2/c1-15(12-17,13-5-6-13)11-14-7-10-16(18-14)8-3-2-4-9-16/h13-14,17H,2-12H2,1H3. The molecule has 2 unspecified atom stereocenters. The van der Waals surface area contributed by atoms with Gasteiger partial charge in [0, 0.05) is 6.61 Å². The van der Waals surface area contributed by atoms with Crippen LogP contribution in [-0.4, -0.2) is 23.4 Å². The lowest BCUT2D eigenvalue weighted by atomic mass is 9.79. The highest BCUT2D eigenvalue weighted by Gasteiger charge is 2.47. The first-order valence-corrected chi connectivity index (χ1v) is 7.95. The number of aliphatic hydroxyl groups excluding tert-OH is 1. The number of hydrogen-bond acceptors (Lipinski definition) is 2. The molecule has 3 fully saturated rings. The number of ether oxygens (including phenoxy) is 1. The van der Waals surface area contributed by atoms with Crippen molar-refractivity contribution in [1.82, 2.24) is 0 Å². The molecule has 0 radical (unpaired) electrons. The van der Waals surface area contributed by atoms with Crippen LogP contribution in [0.1, 0.15) is 71.1 Å². The molecule has 1 saturated heterocycles. The van der Waals surface area contributed by atoms with Crippen molar-refractivity contribution in [2.24, 2.45) is 11.3 Å². The molecule has 0 aromatic rings. The third kappa shape index (κ3) is 2.46. The van der Waals surface area contributed by atoms with Crippen molar-refractivity contribution in [2.75, 3.05) is 6.61 Å². The topological polar surface area (TPSA) is 29.5 Å². The van der Waals surface area contributed by atoms with Gasteiger partial charge in [-0.3, -0.25) is 0 Å². The maximum atomic E-state index is 9.70. The zero-order valence-corrected chi connectivity index (χ0v) is 11.8. The molecule has 0 aromatic carbocycles. The Kier molecular flexibility index (Phi) is 3.44. The monoisotopic (exact) mass is 252 g/mol. The van der Waals surface area contributed by atoms with Crippen LogP contribution >= 0.6 is 0 Å². The molecule has 3 aliphatic rings. The third-order valence-corrected chi connectivity index (χ3v) is 5.72. The van der Waals surface area contributed by atoms with E-state index < -0.39 is 0 Å². The Hall–Kier alpha value is -0.0800. The molecule has 1 heterocycles. The van der Waals surface area contributed by atoms with Gasteiger partial charge in [0.15, 0.2) is 0 Å². The van der Waals surface area contributed by atoms with Crippen molar-refractivity contribution < 1.29 is 9.84 Å². The van der Waals surface area contributed by atoms with E-state index in [0.717, 1.165) is 12.3 Å². The van der Waals surface area contributed by atoms with Gasteiger partial charge in [-0.15, -0.1) is 0 Å². The van der Waals surface area contributed by atoms with E-state index in [0.29, 0.717) is 12.7 Å². The second kappa shape index (κ2) is 4.79. The predicted molar refractivity (Wildman–Crippen MR) is 72.5 cm³/mol. The van der Waals surface area contributed by atoms with E-state index in [1.165, 1.54) is 57.8 Å². The quantitative estimate of drug-likeness (QED) is 0.827. The highest BCUT2D eigenvalue weighted by atomic mass is 16.5. The lowest BCUT2D eigenvalue weighted by molar-refractivity contribution is -0.0819. The molecule has 2 atom stereocenters. The van der Waals surface area contributed by atoms with E-state index in [1.807, 2.05) is 0 Å². The first-order valence-electron chi connectivity index (χ1n) is 7.95. The summed E-state index contributed by atoms with van der Waals surface area (Å²) in [5, 5.41) is 9.70.